The molecule has 2 aliphatic rings. The summed E-state index contributed by atoms with van der Waals surface area (Å²) in [5, 5.41) is 1.09. The van der Waals surface area contributed by atoms with Crippen LogP contribution in [0, 0.1) is 0 Å². The Morgan fingerprint density at radius 3 is 2.82 bits per heavy atom. The SMILES string of the molecule is COc1cc(/C=C2\SC(=S)N(C[C@H]3CCCO3)C2=O)c(Br)cc1OCc1ccc(Cl)cc1Cl. The standard InChI is InChI=1S/C23H20BrCl2NO4S2/c1-29-19-7-14(8-21-22(28)27(23(32)33-21)11-16-3-2-6-30-16)17(24)10-20(19)31-12-13-4-5-15(25)9-18(13)26/h4-5,7-10,16H,2-3,6,11-12H2,1H3/b21-8-/t16-/m1/s1. The van der Waals surface area contributed by atoms with Gasteiger partial charge >= 0.3 is 0 Å². The van der Waals surface area contributed by atoms with Crippen LogP contribution >= 0.6 is 63.1 Å². The Morgan fingerprint density at radius 2 is 2.12 bits per heavy atom. The molecular formula is C23H20BrCl2NO4S2. The van der Waals surface area contributed by atoms with E-state index in [2.05, 4.69) is 15.9 Å². The zero-order chi connectivity index (χ0) is 23.5. The van der Waals surface area contributed by atoms with Crippen molar-refractivity contribution in [3.63, 3.8) is 0 Å². The number of carbonyl (C=O) groups excluding carboxylic acids is 1. The molecule has 2 heterocycles. The molecule has 0 spiro atoms. The zero-order valence-electron chi connectivity index (χ0n) is 17.6. The van der Waals surface area contributed by atoms with Crippen molar-refractivity contribution in [3.8, 4) is 11.5 Å². The zero-order valence-corrected chi connectivity index (χ0v) is 22.3. The lowest BCUT2D eigenvalue weighted by atomic mass is 10.1. The van der Waals surface area contributed by atoms with E-state index >= 15 is 0 Å². The van der Waals surface area contributed by atoms with Crippen molar-refractivity contribution in [1.82, 2.24) is 4.90 Å². The van der Waals surface area contributed by atoms with E-state index in [-0.39, 0.29) is 18.6 Å². The summed E-state index contributed by atoms with van der Waals surface area (Å²) in [5.41, 5.74) is 1.58. The number of thiocarbonyl (C=S) groups is 1. The van der Waals surface area contributed by atoms with E-state index in [0.29, 0.717) is 37.3 Å². The third kappa shape index (κ3) is 5.86. The van der Waals surface area contributed by atoms with Gasteiger partial charge < -0.3 is 14.2 Å². The summed E-state index contributed by atoms with van der Waals surface area (Å²) in [6.45, 7) is 1.48. The highest BCUT2D eigenvalue weighted by Crippen LogP contribution is 2.39. The van der Waals surface area contributed by atoms with Crippen molar-refractivity contribution in [2.75, 3.05) is 20.3 Å². The number of nitrogens with zero attached hydrogens (tertiary/aromatic N) is 1. The molecule has 0 radical (unpaired) electrons. The Labute approximate surface area is 220 Å². The predicted molar refractivity (Wildman–Crippen MR) is 140 cm³/mol. The van der Waals surface area contributed by atoms with E-state index in [0.717, 1.165) is 35.0 Å². The molecular weight excluding hydrogens is 569 g/mol. The summed E-state index contributed by atoms with van der Waals surface area (Å²) in [5.74, 6) is 0.965. The van der Waals surface area contributed by atoms with Gasteiger partial charge in [0.15, 0.2) is 11.5 Å². The number of hydrogen-bond acceptors (Lipinski definition) is 6. The molecule has 2 aromatic carbocycles. The average molecular weight is 589 g/mol. The first-order chi connectivity index (χ1) is 15.9. The number of ether oxygens (including phenoxy) is 3. The van der Waals surface area contributed by atoms with Crippen LogP contribution in [0.25, 0.3) is 6.08 Å². The molecule has 1 amide bonds. The minimum atomic E-state index is -0.107. The van der Waals surface area contributed by atoms with E-state index in [1.165, 1.54) is 11.8 Å². The Bertz CT molecular complexity index is 1120. The maximum absolute atomic E-state index is 13.0. The van der Waals surface area contributed by atoms with Crippen LogP contribution in [0.2, 0.25) is 10.0 Å². The summed E-state index contributed by atoms with van der Waals surface area (Å²) in [4.78, 5) is 15.1. The first kappa shape index (κ1) is 24.8. The van der Waals surface area contributed by atoms with Gasteiger partial charge in [-0.1, -0.05) is 69.2 Å². The number of amides is 1. The molecule has 2 aromatic rings. The van der Waals surface area contributed by atoms with Crippen molar-refractivity contribution in [3.05, 3.63) is 60.9 Å². The van der Waals surface area contributed by atoms with Crippen molar-refractivity contribution in [2.45, 2.75) is 25.6 Å². The summed E-state index contributed by atoms with van der Waals surface area (Å²) in [6.07, 6.45) is 3.81. The lowest BCUT2D eigenvalue weighted by molar-refractivity contribution is -0.123. The largest absolute Gasteiger partial charge is 0.493 e. The van der Waals surface area contributed by atoms with Crippen LogP contribution in [0.15, 0.2) is 39.7 Å². The maximum Gasteiger partial charge on any atom is 0.266 e. The van der Waals surface area contributed by atoms with Gasteiger partial charge in [-0.05, 0) is 48.7 Å². The van der Waals surface area contributed by atoms with Crippen LogP contribution in [0.3, 0.4) is 0 Å². The highest BCUT2D eigenvalue weighted by atomic mass is 79.9. The monoisotopic (exact) mass is 587 g/mol. The molecule has 0 unspecified atom stereocenters. The second-order valence-electron chi connectivity index (χ2n) is 7.48. The number of thioether (sulfide) groups is 1. The van der Waals surface area contributed by atoms with E-state index in [4.69, 9.17) is 49.6 Å². The Morgan fingerprint density at radius 1 is 1.30 bits per heavy atom. The van der Waals surface area contributed by atoms with Crippen LogP contribution in [0.4, 0.5) is 0 Å². The number of rotatable bonds is 7. The highest BCUT2D eigenvalue weighted by molar-refractivity contribution is 9.10. The molecule has 2 fully saturated rings. The maximum atomic E-state index is 13.0. The predicted octanol–water partition coefficient (Wildman–Crippen LogP) is 6.72. The lowest BCUT2D eigenvalue weighted by Gasteiger charge is -2.18. The number of carbonyl (C=O) groups is 1. The first-order valence-corrected chi connectivity index (χ1v) is 12.9. The first-order valence-electron chi connectivity index (χ1n) is 10.2. The molecule has 0 aromatic heterocycles. The fourth-order valence-electron chi connectivity index (χ4n) is 3.52. The van der Waals surface area contributed by atoms with Gasteiger partial charge in [-0.15, -0.1) is 0 Å². The highest BCUT2D eigenvalue weighted by Gasteiger charge is 2.34. The third-order valence-corrected chi connectivity index (χ3v) is 7.90. The molecule has 174 valence electrons. The van der Waals surface area contributed by atoms with Crippen LogP contribution in [0.5, 0.6) is 11.5 Å². The molecule has 33 heavy (non-hydrogen) atoms. The normalized spacial score (nSPS) is 19.6. The molecule has 4 rings (SSSR count). The van der Waals surface area contributed by atoms with E-state index < -0.39 is 0 Å². The summed E-state index contributed by atoms with van der Waals surface area (Å²) < 4.78 is 18.4. The summed E-state index contributed by atoms with van der Waals surface area (Å²) >= 11 is 22.5. The van der Waals surface area contributed by atoms with Gasteiger partial charge in [-0.3, -0.25) is 9.69 Å². The van der Waals surface area contributed by atoms with Crippen LogP contribution in [-0.4, -0.2) is 41.5 Å². The minimum Gasteiger partial charge on any atom is -0.493 e. The van der Waals surface area contributed by atoms with Crippen LogP contribution < -0.4 is 9.47 Å². The number of halogens is 3. The average Bonchev–Trinajstić information content (AvgIpc) is 3.39. The quantitative estimate of drug-likeness (QED) is 0.264. The van der Waals surface area contributed by atoms with Gasteiger partial charge in [-0.25, -0.2) is 0 Å². The van der Waals surface area contributed by atoms with Gasteiger partial charge in [0, 0.05) is 26.7 Å². The Kier molecular flexibility index (Phi) is 8.25. The van der Waals surface area contributed by atoms with Crippen molar-refractivity contribution < 1.29 is 19.0 Å². The molecule has 2 aliphatic heterocycles. The van der Waals surface area contributed by atoms with Gasteiger partial charge in [0.2, 0.25) is 0 Å². The lowest BCUT2D eigenvalue weighted by Crippen LogP contribution is -2.35. The molecule has 1 atom stereocenters. The van der Waals surface area contributed by atoms with Gasteiger partial charge in [0.25, 0.3) is 5.91 Å². The number of methoxy groups -OCH3 is 1. The van der Waals surface area contributed by atoms with Gasteiger partial charge in [0.1, 0.15) is 10.9 Å². The summed E-state index contributed by atoms with van der Waals surface area (Å²) in [6, 6.07) is 8.88. The number of hydrogen-bond donors (Lipinski definition) is 0. The Balaban J connectivity index is 1.52. The van der Waals surface area contributed by atoms with Crippen molar-refractivity contribution in [2.24, 2.45) is 0 Å². The molecule has 0 N–H and O–H groups in total. The minimum absolute atomic E-state index is 0.0456. The van der Waals surface area contributed by atoms with Gasteiger partial charge in [-0.2, -0.15) is 0 Å². The topological polar surface area (TPSA) is 48.0 Å². The molecule has 2 saturated heterocycles. The van der Waals surface area contributed by atoms with Crippen LogP contribution in [-0.2, 0) is 16.1 Å². The second kappa shape index (κ2) is 11.0. The molecule has 5 nitrogen and oxygen atoms in total. The van der Waals surface area contributed by atoms with E-state index in [1.54, 1.807) is 30.2 Å². The van der Waals surface area contributed by atoms with E-state index in [9.17, 15) is 4.79 Å². The fourth-order valence-corrected chi connectivity index (χ4v) is 5.68. The molecule has 0 saturated carbocycles. The molecule has 10 heteroatoms. The third-order valence-electron chi connectivity index (χ3n) is 5.25. The smallest absolute Gasteiger partial charge is 0.266 e. The van der Waals surface area contributed by atoms with E-state index in [1.807, 2.05) is 18.2 Å². The Hall–Kier alpha value is -1.29. The van der Waals surface area contributed by atoms with Crippen LogP contribution in [0.1, 0.15) is 24.0 Å². The van der Waals surface area contributed by atoms with Crippen molar-refractivity contribution >= 4 is 79.4 Å². The summed E-state index contributed by atoms with van der Waals surface area (Å²) in [7, 11) is 1.57. The molecule has 0 aliphatic carbocycles. The fraction of sp³-hybridized carbons (Fsp3) is 0.304. The number of benzene rings is 2. The van der Waals surface area contributed by atoms with Gasteiger partial charge in [0.05, 0.1) is 24.7 Å². The van der Waals surface area contributed by atoms with Crippen molar-refractivity contribution in [1.29, 1.82) is 0 Å². The second-order valence-corrected chi connectivity index (χ2v) is 10.9. The molecule has 0 bridgehead atoms.